The highest BCUT2D eigenvalue weighted by Gasteiger charge is 2.17. The maximum Gasteiger partial charge on any atom is 0.261 e. The summed E-state index contributed by atoms with van der Waals surface area (Å²) < 4.78 is 29.0. The average Bonchev–Trinajstić information content (AvgIpc) is 2.72. The van der Waals surface area contributed by atoms with Crippen LogP contribution in [0.5, 0.6) is 0 Å². The van der Waals surface area contributed by atoms with Gasteiger partial charge in [0.25, 0.3) is 10.0 Å². The topological polar surface area (TPSA) is 59.1 Å². The number of aryl methyl sites for hydroxylation is 1. The van der Waals surface area contributed by atoms with E-state index in [2.05, 4.69) is 29.6 Å². The van der Waals surface area contributed by atoms with Gasteiger partial charge in [-0.15, -0.1) is 11.3 Å². The molecule has 24 heavy (non-hydrogen) atoms. The lowest BCUT2D eigenvalue weighted by Crippen LogP contribution is -2.14. The molecule has 4 nitrogen and oxygen atoms in total. The zero-order valence-electron chi connectivity index (χ0n) is 13.9. The summed E-state index contributed by atoms with van der Waals surface area (Å²) in [6.07, 6.45) is 7.97. The van der Waals surface area contributed by atoms with Crippen molar-refractivity contribution < 1.29 is 8.42 Å². The Bertz CT molecular complexity index is 964. The van der Waals surface area contributed by atoms with Gasteiger partial charge in [0.05, 0.1) is 25.8 Å². The lowest BCUT2D eigenvalue weighted by atomic mass is 10.0. The van der Waals surface area contributed by atoms with E-state index >= 15 is 0 Å². The third-order valence-electron chi connectivity index (χ3n) is 3.84. The van der Waals surface area contributed by atoms with Crippen LogP contribution in [0.3, 0.4) is 0 Å². The number of nitrogens with zero attached hydrogens (tertiary/aromatic N) is 1. The van der Waals surface area contributed by atoms with Gasteiger partial charge in [-0.3, -0.25) is 4.72 Å². The third-order valence-corrected chi connectivity index (χ3v) is 6.22. The molecule has 0 fully saturated rings. The van der Waals surface area contributed by atoms with E-state index in [1.54, 1.807) is 35.6 Å². The van der Waals surface area contributed by atoms with Crippen molar-refractivity contribution in [3.8, 4) is 0 Å². The zero-order valence-corrected chi connectivity index (χ0v) is 15.5. The second-order valence-corrected chi connectivity index (χ2v) is 8.97. The molecule has 1 N–H and O–H groups in total. The highest BCUT2D eigenvalue weighted by Crippen LogP contribution is 2.26. The Labute approximate surface area is 146 Å². The second kappa shape index (κ2) is 6.53. The predicted molar refractivity (Wildman–Crippen MR) is 102 cm³/mol. The largest absolute Gasteiger partial charge is 0.280 e. The van der Waals surface area contributed by atoms with Gasteiger partial charge in [-0.2, -0.15) is 0 Å². The molecule has 1 aromatic carbocycles. The number of benzene rings is 1. The van der Waals surface area contributed by atoms with E-state index in [9.17, 15) is 8.42 Å². The van der Waals surface area contributed by atoms with Crippen molar-refractivity contribution in [1.82, 2.24) is 4.98 Å². The van der Waals surface area contributed by atoms with E-state index < -0.39 is 10.0 Å². The molecule has 0 unspecified atom stereocenters. The minimum absolute atomic E-state index is 0.295. The summed E-state index contributed by atoms with van der Waals surface area (Å²) in [5.74, 6) is 0.375. The van der Waals surface area contributed by atoms with Gasteiger partial charge in [0.2, 0.25) is 0 Å². The molecule has 0 aliphatic heterocycles. The lowest BCUT2D eigenvalue weighted by molar-refractivity contribution is 0.607. The molecule has 0 bridgehead atoms. The van der Waals surface area contributed by atoms with E-state index in [4.69, 9.17) is 0 Å². The van der Waals surface area contributed by atoms with Gasteiger partial charge < -0.3 is 0 Å². The van der Waals surface area contributed by atoms with Crippen LogP contribution in [0.1, 0.15) is 25.3 Å². The van der Waals surface area contributed by atoms with Gasteiger partial charge in [-0.05, 0) is 49.1 Å². The van der Waals surface area contributed by atoms with Gasteiger partial charge >= 0.3 is 0 Å². The first-order valence-electron chi connectivity index (χ1n) is 7.83. The van der Waals surface area contributed by atoms with Crippen molar-refractivity contribution in [2.75, 3.05) is 4.72 Å². The highest BCUT2D eigenvalue weighted by molar-refractivity contribution is 7.96. The Morgan fingerprint density at radius 3 is 2.75 bits per heavy atom. The first-order valence-corrected chi connectivity index (χ1v) is 10.1. The molecule has 2 aromatic rings. The first kappa shape index (κ1) is 16.9. The Balaban J connectivity index is 1.85. The highest BCUT2D eigenvalue weighted by atomic mass is 32.2. The Kier molecular flexibility index (Phi) is 4.60. The minimum Gasteiger partial charge on any atom is -0.280 e. The fourth-order valence-corrected chi connectivity index (χ4v) is 4.50. The number of anilines is 1. The van der Waals surface area contributed by atoms with Crippen LogP contribution >= 0.6 is 11.3 Å². The molecule has 0 radical (unpaired) electrons. The smallest absolute Gasteiger partial charge is 0.261 e. The van der Waals surface area contributed by atoms with Crippen LogP contribution in [0.25, 0.3) is 10.2 Å². The zero-order chi connectivity index (χ0) is 17.3. The van der Waals surface area contributed by atoms with Crippen LogP contribution in [-0.4, -0.2) is 13.4 Å². The van der Waals surface area contributed by atoms with E-state index in [0.29, 0.717) is 22.9 Å². The molecule has 0 saturated heterocycles. The Morgan fingerprint density at radius 2 is 2.00 bits per heavy atom. The molecular formula is C18H20N2O2S2. The number of nitrogens with one attached hydrogen (secondary N) is 1. The van der Waals surface area contributed by atoms with Gasteiger partial charge in [0.1, 0.15) is 0 Å². The maximum absolute atomic E-state index is 12.7. The number of thiazole rings is 1. The minimum atomic E-state index is -3.60. The number of sulfonamides is 1. The molecule has 1 heterocycles. The quantitative estimate of drug-likeness (QED) is 0.854. The fraction of sp³-hybridized carbons (Fsp3) is 0.278. The molecular weight excluding hydrogens is 340 g/mol. The van der Waals surface area contributed by atoms with Crippen molar-refractivity contribution in [1.29, 1.82) is 0 Å². The van der Waals surface area contributed by atoms with Crippen LogP contribution < -0.4 is 4.72 Å². The molecule has 126 valence electrons. The maximum atomic E-state index is 12.7. The lowest BCUT2D eigenvalue weighted by Gasteiger charge is -2.08. The molecule has 1 aliphatic carbocycles. The number of hydrogen-bond donors (Lipinski definition) is 1. The first-order chi connectivity index (χ1) is 11.3. The number of rotatable bonds is 4. The van der Waals surface area contributed by atoms with Crippen molar-refractivity contribution in [3.05, 3.63) is 58.0 Å². The summed E-state index contributed by atoms with van der Waals surface area (Å²) in [4.78, 5) is 4.70. The van der Waals surface area contributed by atoms with Gasteiger partial charge in [-0.1, -0.05) is 32.1 Å². The van der Waals surface area contributed by atoms with Crippen molar-refractivity contribution >= 4 is 37.3 Å². The molecule has 0 spiro atoms. The number of allylic oxidation sites excluding steroid dienone is 5. The molecule has 3 rings (SSSR count). The van der Waals surface area contributed by atoms with E-state index in [1.807, 2.05) is 19.1 Å². The van der Waals surface area contributed by atoms with Crippen molar-refractivity contribution in [2.45, 2.75) is 27.2 Å². The van der Waals surface area contributed by atoms with E-state index in [1.165, 1.54) is 0 Å². The molecule has 0 amide bonds. The summed E-state index contributed by atoms with van der Waals surface area (Å²) >= 11 is 1.59. The summed E-state index contributed by atoms with van der Waals surface area (Å²) in [7, 11) is -3.60. The standard InChI is InChI=1S/C18H20N2O2S2/c1-12(2)14-5-4-6-16(9-7-14)24(21,22)20-15-8-10-18-17(11-15)19-13(3)23-18/h5-12,20H,4H2,1-3H3. The van der Waals surface area contributed by atoms with Crippen LogP contribution in [0.2, 0.25) is 0 Å². The molecule has 1 aliphatic rings. The van der Waals surface area contributed by atoms with Crippen molar-refractivity contribution in [3.63, 3.8) is 0 Å². The molecule has 1 aromatic heterocycles. The van der Waals surface area contributed by atoms with Crippen LogP contribution in [0, 0.1) is 12.8 Å². The number of aromatic nitrogens is 1. The number of hydrogen-bond acceptors (Lipinski definition) is 4. The normalized spacial score (nSPS) is 15.3. The SMILES string of the molecule is Cc1nc2cc(NS(=O)(=O)C3=CCC=C(C(C)C)C=C3)ccc2s1. The summed E-state index contributed by atoms with van der Waals surface area (Å²) in [6, 6.07) is 5.44. The average molecular weight is 361 g/mol. The summed E-state index contributed by atoms with van der Waals surface area (Å²) in [5, 5.41) is 0.965. The summed E-state index contributed by atoms with van der Waals surface area (Å²) in [6.45, 7) is 6.13. The Hall–Kier alpha value is -1.92. The van der Waals surface area contributed by atoms with Crippen LogP contribution in [0.4, 0.5) is 5.69 Å². The monoisotopic (exact) mass is 360 g/mol. The summed E-state index contributed by atoms with van der Waals surface area (Å²) in [5.41, 5.74) is 2.49. The number of fused-ring (bicyclic) bond motifs is 1. The van der Waals surface area contributed by atoms with Crippen LogP contribution in [0.15, 0.2) is 53.0 Å². The second-order valence-electron chi connectivity index (χ2n) is 6.06. The molecule has 0 atom stereocenters. The molecule has 0 saturated carbocycles. The Morgan fingerprint density at radius 1 is 1.21 bits per heavy atom. The fourth-order valence-electron chi connectivity index (χ4n) is 2.57. The van der Waals surface area contributed by atoms with Gasteiger partial charge in [0, 0.05) is 0 Å². The van der Waals surface area contributed by atoms with E-state index in [0.717, 1.165) is 20.8 Å². The molecule has 6 heteroatoms. The van der Waals surface area contributed by atoms with Crippen molar-refractivity contribution in [2.24, 2.45) is 5.92 Å². The van der Waals surface area contributed by atoms with Crippen LogP contribution in [-0.2, 0) is 10.0 Å². The predicted octanol–water partition coefficient (Wildman–Crippen LogP) is 4.77. The van der Waals surface area contributed by atoms with Gasteiger partial charge in [-0.25, -0.2) is 13.4 Å². The third kappa shape index (κ3) is 3.60. The van der Waals surface area contributed by atoms with E-state index in [-0.39, 0.29) is 0 Å². The van der Waals surface area contributed by atoms with Gasteiger partial charge in [0.15, 0.2) is 0 Å².